The Morgan fingerprint density at radius 1 is 1.11 bits per heavy atom. The Morgan fingerprint density at radius 2 is 1.89 bits per heavy atom. The summed E-state index contributed by atoms with van der Waals surface area (Å²) < 4.78 is 25.2. The molecule has 2 fully saturated rings. The molecule has 3 amide bonds. The molecule has 3 aromatic rings. The molecule has 1 aromatic heterocycles. The molecule has 3 heterocycles. The minimum absolute atomic E-state index is 0.0337. The number of rotatable bonds is 9. The average Bonchev–Trinajstić information content (AvgIpc) is 3.42. The number of carbonyl (C=O) groups is 3. The Bertz CT molecular complexity index is 1530. The van der Waals surface area contributed by atoms with E-state index in [1.807, 2.05) is 19.1 Å². The lowest BCUT2D eigenvalue weighted by molar-refractivity contribution is -0.138. The lowest BCUT2D eigenvalue weighted by atomic mass is 10.0. The predicted molar refractivity (Wildman–Crippen MR) is 161 cm³/mol. The van der Waals surface area contributed by atoms with Crippen LogP contribution in [0.1, 0.15) is 48.3 Å². The number of aliphatic hydroxyl groups excluding tert-OH is 1. The molecule has 44 heavy (non-hydrogen) atoms. The maximum absolute atomic E-state index is 13.5. The molecule has 234 valence electrons. The number of hydrogen-bond acceptors (Lipinski definition) is 8. The molecule has 2 saturated heterocycles. The van der Waals surface area contributed by atoms with E-state index in [0.717, 1.165) is 31.5 Å². The van der Waals surface area contributed by atoms with Crippen molar-refractivity contribution in [1.29, 1.82) is 0 Å². The van der Waals surface area contributed by atoms with Crippen LogP contribution in [0.25, 0.3) is 10.9 Å². The maximum atomic E-state index is 13.5. The van der Waals surface area contributed by atoms with Gasteiger partial charge >= 0.3 is 0 Å². The van der Waals surface area contributed by atoms with Crippen molar-refractivity contribution >= 4 is 28.6 Å². The van der Waals surface area contributed by atoms with Crippen LogP contribution in [0.5, 0.6) is 11.5 Å². The van der Waals surface area contributed by atoms with E-state index in [0.29, 0.717) is 22.4 Å². The largest absolute Gasteiger partial charge is 0.497 e. The van der Waals surface area contributed by atoms with Gasteiger partial charge in [-0.15, -0.1) is 0 Å². The minimum atomic E-state index is -0.915. The Hall–Kier alpha value is -4.29. The first-order valence-corrected chi connectivity index (χ1v) is 14.8. The van der Waals surface area contributed by atoms with Gasteiger partial charge in [0.05, 0.1) is 31.3 Å². The standard InChI is InChI=1S/C32H38FN5O6/c1-19(25-7-6-24(43-3)16-29(25)44-23-10-12-37(2)13-11-23)35-32(42)28-15-22(39)18-38(28)30(40)17-34-31(41)27-8-4-20-14-21(33)5-9-26(20)36-27/h4-9,14,16,19,22-23,28,39H,10-13,15,17-18H2,1-3H3,(H,34,41)(H,35,42)/t19-,22-,28+/m1/s1. The van der Waals surface area contributed by atoms with Gasteiger partial charge in [-0.05, 0) is 63.2 Å². The Balaban J connectivity index is 1.22. The number of likely N-dealkylation sites (tertiary alicyclic amines) is 2. The van der Waals surface area contributed by atoms with Crippen LogP contribution >= 0.6 is 0 Å². The summed E-state index contributed by atoms with van der Waals surface area (Å²) in [6.45, 7) is 3.29. The van der Waals surface area contributed by atoms with Crippen LogP contribution in [-0.4, -0.2) is 96.2 Å². The van der Waals surface area contributed by atoms with Crippen LogP contribution in [0.4, 0.5) is 4.39 Å². The van der Waals surface area contributed by atoms with Crippen molar-refractivity contribution in [2.24, 2.45) is 0 Å². The van der Waals surface area contributed by atoms with Gasteiger partial charge in [-0.25, -0.2) is 9.37 Å². The fourth-order valence-electron chi connectivity index (χ4n) is 5.68. The molecule has 5 rings (SSSR count). The number of amides is 3. The first-order valence-electron chi connectivity index (χ1n) is 14.8. The van der Waals surface area contributed by atoms with Gasteiger partial charge in [0.25, 0.3) is 5.91 Å². The van der Waals surface area contributed by atoms with E-state index >= 15 is 0 Å². The van der Waals surface area contributed by atoms with E-state index in [1.54, 1.807) is 19.2 Å². The van der Waals surface area contributed by atoms with E-state index in [4.69, 9.17) is 9.47 Å². The van der Waals surface area contributed by atoms with Gasteiger partial charge in [-0.3, -0.25) is 14.4 Å². The predicted octanol–water partition coefficient (Wildman–Crippen LogP) is 2.42. The molecule has 12 heteroatoms. The Labute approximate surface area is 255 Å². The fourth-order valence-corrected chi connectivity index (χ4v) is 5.68. The molecule has 2 aliphatic heterocycles. The smallest absolute Gasteiger partial charge is 0.270 e. The number of ether oxygens (including phenoxy) is 2. The Morgan fingerprint density at radius 3 is 2.64 bits per heavy atom. The number of nitrogens with one attached hydrogen (secondary N) is 2. The number of benzene rings is 2. The molecule has 2 aliphatic rings. The monoisotopic (exact) mass is 607 g/mol. The zero-order valence-corrected chi connectivity index (χ0v) is 25.1. The summed E-state index contributed by atoms with van der Waals surface area (Å²) >= 11 is 0. The van der Waals surface area contributed by atoms with Crippen molar-refractivity contribution in [2.75, 3.05) is 40.3 Å². The van der Waals surface area contributed by atoms with Crippen LogP contribution in [-0.2, 0) is 9.59 Å². The number of methoxy groups -OCH3 is 1. The van der Waals surface area contributed by atoms with Gasteiger partial charge in [-0.2, -0.15) is 0 Å². The van der Waals surface area contributed by atoms with Crippen LogP contribution in [0.2, 0.25) is 0 Å². The van der Waals surface area contributed by atoms with E-state index in [9.17, 15) is 23.9 Å². The summed E-state index contributed by atoms with van der Waals surface area (Å²) in [7, 11) is 3.67. The summed E-state index contributed by atoms with van der Waals surface area (Å²) in [5.41, 5.74) is 1.28. The van der Waals surface area contributed by atoms with Crippen LogP contribution in [0, 0.1) is 5.82 Å². The third-order valence-corrected chi connectivity index (χ3v) is 8.19. The van der Waals surface area contributed by atoms with Crippen molar-refractivity contribution in [1.82, 2.24) is 25.4 Å². The van der Waals surface area contributed by atoms with Crippen LogP contribution in [0.3, 0.4) is 0 Å². The quantitative estimate of drug-likeness (QED) is 0.338. The number of carbonyl (C=O) groups excluding carboxylic acids is 3. The van der Waals surface area contributed by atoms with Crippen molar-refractivity contribution in [3.63, 3.8) is 0 Å². The molecular weight excluding hydrogens is 569 g/mol. The zero-order valence-electron chi connectivity index (χ0n) is 25.1. The summed E-state index contributed by atoms with van der Waals surface area (Å²) in [6.07, 6.45) is 1.01. The third kappa shape index (κ3) is 7.25. The lowest BCUT2D eigenvalue weighted by Gasteiger charge is -2.31. The number of nitrogens with zero attached hydrogens (tertiary/aromatic N) is 3. The summed E-state index contributed by atoms with van der Waals surface area (Å²) in [4.78, 5) is 47.1. The van der Waals surface area contributed by atoms with E-state index in [2.05, 4.69) is 27.6 Å². The van der Waals surface area contributed by atoms with Crippen molar-refractivity contribution in [2.45, 2.75) is 50.5 Å². The number of hydrogen-bond donors (Lipinski definition) is 3. The summed E-state index contributed by atoms with van der Waals surface area (Å²) in [6, 6.07) is 11.2. The average molecular weight is 608 g/mol. The number of aromatic nitrogens is 1. The number of aliphatic hydroxyl groups is 1. The van der Waals surface area contributed by atoms with Crippen LogP contribution in [0.15, 0.2) is 48.5 Å². The second-order valence-corrected chi connectivity index (χ2v) is 11.4. The molecule has 11 nitrogen and oxygen atoms in total. The molecule has 3 atom stereocenters. The minimum Gasteiger partial charge on any atom is -0.497 e. The molecule has 2 aromatic carbocycles. The number of β-amino-alcohol motifs (C(OH)–C–C–N with tert-alkyl or cyclic N) is 1. The second-order valence-electron chi connectivity index (χ2n) is 11.4. The highest BCUT2D eigenvalue weighted by Crippen LogP contribution is 2.32. The highest BCUT2D eigenvalue weighted by molar-refractivity contribution is 5.97. The van der Waals surface area contributed by atoms with Gasteiger partial charge < -0.3 is 35.0 Å². The molecule has 0 unspecified atom stereocenters. The molecule has 3 N–H and O–H groups in total. The number of halogens is 1. The molecular formula is C32H38FN5O6. The molecule has 0 saturated carbocycles. The van der Waals surface area contributed by atoms with Crippen molar-refractivity contribution in [3.8, 4) is 11.5 Å². The SMILES string of the molecule is COc1ccc([C@@H](C)NC(=O)[C@@H]2C[C@@H](O)CN2C(=O)CNC(=O)c2ccc3cc(F)ccc3n2)c(OC2CCN(C)CC2)c1. The lowest BCUT2D eigenvalue weighted by Crippen LogP contribution is -2.49. The first-order chi connectivity index (χ1) is 21.1. The molecule has 0 spiro atoms. The zero-order chi connectivity index (χ0) is 31.4. The molecule has 0 radical (unpaired) electrons. The fraction of sp³-hybridized carbons (Fsp3) is 0.438. The van der Waals surface area contributed by atoms with Gasteiger partial charge in [0.1, 0.15) is 35.2 Å². The van der Waals surface area contributed by atoms with Gasteiger partial charge in [0.2, 0.25) is 11.8 Å². The second kappa shape index (κ2) is 13.6. The normalized spacial score (nSPS) is 19.9. The third-order valence-electron chi connectivity index (χ3n) is 8.19. The van der Waals surface area contributed by atoms with Gasteiger partial charge in [0.15, 0.2) is 0 Å². The first kappa shape index (κ1) is 31.1. The summed E-state index contributed by atoms with van der Waals surface area (Å²) in [5.74, 6) is -0.662. The van der Waals surface area contributed by atoms with Crippen molar-refractivity contribution in [3.05, 3.63) is 65.6 Å². The maximum Gasteiger partial charge on any atom is 0.270 e. The number of piperidine rings is 1. The highest BCUT2D eigenvalue weighted by Gasteiger charge is 2.39. The number of fused-ring (bicyclic) bond motifs is 1. The topological polar surface area (TPSA) is 133 Å². The van der Waals surface area contributed by atoms with E-state index in [-0.39, 0.29) is 31.3 Å². The van der Waals surface area contributed by atoms with Crippen LogP contribution < -0.4 is 20.1 Å². The van der Waals surface area contributed by atoms with E-state index < -0.39 is 41.7 Å². The van der Waals surface area contributed by atoms with Gasteiger partial charge in [0, 0.05) is 43.1 Å². The Kier molecular flexibility index (Phi) is 9.60. The molecule has 0 aliphatic carbocycles. The molecule has 0 bridgehead atoms. The number of pyridine rings is 1. The van der Waals surface area contributed by atoms with E-state index in [1.165, 1.54) is 29.2 Å². The van der Waals surface area contributed by atoms with Crippen molar-refractivity contribution < 1.29 is 33.4 Å². The van der Waals surface area contributed by atoms with Gasteiger partial charge in [-0.1, -0.05) is 6.07 Å². The highest BCUT2D eigenvalue weighted by atomic mass is 19.1. The summed E-state index contributed by atoms with van der Waals surface area (Å²) in [5, 5.41) is 16.4.